The number of H-pyrrole nitrogens is 1. The van der Waals surface area contributed by atoms with Crippen molar-refractivity contribution in [3.63, 3.8) is 0 Å². The molecule has 26 heavy (non-hydrogen) atoms. The lowest BCUT2D eigenvalue weighted by atomic mass is 10.0. The molecule has 4 rings (SSSR count). The van der Waals surface area contributed by atoms with Gasteiger partial charge < -0.3 is 10.2 Å². The Bertz CT molecular complexity index is 1020. The molecule has 8 heteroatoms. The minimum Gasteiger partial charge on any atom is -0.322 e. The standard InChI is InChI=1S/C18H18ClN5O2/c1-23-7-6-11(10-23)15-8-16(25)24-17(22-15)14(9-20-24)18(26)21-13-4-2-12(19)3-5-13/h2-5,8-9,11,20H,6-7,10H2,1H3,(H,21,26). The lowest BCUT2D eigenvalue weighted by Crippen LogP contribution is -2.20. The number of nitrogens with one attached hydrogen (secondary N) is 2. The van der Waals surface area contributed by atoms with Crippen LogP contribution in [0, 0.1) is 0 Å². The Kier molecular flexibility index (Phi) is 4.26. The molecule has 1 unspecified atom stereocenters. The maximum Gasteiger partial charge on any atom is 0.272 e. The van der Waals surface area contributed by atoms with Crippen molar-refractivity contribution < 1.29 is 4.79 Å². The van der Waals surface area contributed by atoms with Crippen molar-refractivity contribution in [2.75, 3.05) is 25.5 Å². The van der Waals surface area contributed by atoms with Crippen LogP contribution < -0.4 is 10.9 Å². The molecule has 1 amide bonds. The Morgan fingerprint density at radius 3 is 2.81 bits per heavy atom. The fraction of sp³-hybridized carbons (Fsp3) is 0.278. The first-order valence-electron chi connectivity index (χ1n) is 8.38. The first-order chi connectivity index (χ1) is 12.5. The van der Waals surface area contributed by atoms with Gasteiger partial charge in [-0.15, -0.1) is 0 Å². The van der Waals surface area contributed by atoms with E-state index in [2.05, 4.69) is 20.3 Å². The van der Waals surface area contributed by atoms with E-state index in [1.165, 1.54) is 10.7 Å². The summed E-state index contributed by atoms with van der Waals surface area (Å²) < 4.78 is 1.29. The van der Waals surface area contributed by atoms with Crippen LogP contribution in [0.2, 0.25) is 5.02 Å². The molecule has 1 atom stereocenters. The van der Waals surface area contributed by atoms with E-state index in [0.29, 0.717) is 21.9 Å². The van der Waals surface area contributed by atoms with Gasteiger partial charge in [-0.25, -0.2) is 9.50 Å². The number of amides is 1. The van der Waals surface area contributed by atoms with Crippen LogP contribution in [-0.4, -0.2) is 45.5 Å². The highest BCUT2D eigenvalue weighted by molar-refractivity contribution is 6.30. The van der Waals surface area contributed by atoms with Gasteiger partial charge in [0.1, 0.15) is 5.56 Å². The van der Waals surface area contributed by atoms with E-state index in [9.17, 15) is 9.59 Å². The second kappa shape index (κ2) is 6.59. The smallest absolute Gasteiger partial charge is 0.272 e. The number of aromatic amines is 1. The van der Waals surface area contributed by atoms with E-state index in [1.54, 1.807) is 30.3 Å². The number of likely N-dealkylation sites (N-methyl/N-ethyl adjacent to an activating group) is 1. The van der Waals surface area contributed by atoms with E-state index >= 15 is 0 Å². The molecular weight excluding hydrogens is 354 g/mol. The summed E-state index contributed by atoms with van der Waals surface area (Å²) in [5, 5.41) is 6.20. The zero-order valence-corrected chi connectivity index (χ0v) is 15.0. The lowest BCUT2D eigenvalue weighted by molar-refractivity contribution is 0.102. The summed E-state index contributed by atoms with van der Waals surface area (Å²) in [5.41, 5.74) is 1.80. The van der Waals surface area contributed by atoms with Gasteiger partial charge in [0.15, 0.2) is 5.65 Å². The number of fused-ring (bicyclic) bond motifs is 1. The first-order valence-corrected chi connectivity index (χ1v) is 8.75. The number of rotatable bonds is 3. The molecule has 1 aromatic carbocycles. The van der Waals surface area contributed by atoms with Gasteiger partial charge in [0.2, 0.25) is 0 Å². The van der Waals surface area contributed by atoms with Gasteiger partial charge in [0, 0.05) is 35.4 Å². The van der Waals surface area contributed by atoms with Gasteiger partial charge in [-0.1, -0.05) is 11.6 Å². The zero-order chi connectivity index (χ0) is 18.3. The summed E-state index contributed by atoms with van der Waals surface area (Å²) in [5.74, 6) is -0.126. The van der Waals surface area contributed by atoms with E-state index in [1.807, 2.05) is 7.05 Å². The number of anilines is 1. The first kappa shape index (κ1) is 16.8. The third-order valence-electron chi connectivity index (χ3n) is 4.67. The molecule has 7 nitrogen and oxygen atoms in total. The number of carbonyl (C=O) groups excluding carboxylic acids is 1. The van der Waals surface area contributed by atoms with Crippen LogP contribution in [-0.2, 0) is 0 Å². The van der Waals surface area contributed by atoms with E-state index < -0.39 is 0 Å². The predicted octanol–water partition coefficient (Wildman–Crippen LogP) is 2.35. The SMILES string of the molecule is CN1CCC(c2cc(=O)n3[nH]cc(C(=O)Nc4ccc(Cl)cc4)c3n2)C1. The van der Waals surface area contributed by atoms with Crippen LogP contribution in [0.25, 0.3) is 5.65 Å². The number of benzene rings is 1. The minimum absolute atomic E-state index is 0.208. The van der Waals surface area contributed by atoms with Crippen molar-refractivity contribution in [3.05, 3.63) is 63.2 Å². The number of halogens is 1. The van der Waals surface area contributed by atoms with Crippen molar-refractivity contribution in [2.24, 2.45) is 0 Å². The van der Waals surface area contributed by atoms with E-state index in [-0.39, 0.29) is 17.4 Å². The fourth-order valence-electron chi connectivity index (χ4n) is 3.28. The van der Waals surface area contributed by atoms with Gasteiger partial charge in [-0.2, -0.15) is 0 Å². The molecule has 1 fully saturated rings. The van der Waals surface area contributed by atoms with Gasteiger partial charge in [-0.05, 0) is 44.3 Å². The fourth-order valence-corrected chi connectivity index (χ4v) is 3.41. The number of hydrogen-bond donors (Lipinski definition) is 2. The molecule has 1 aliphatic rings. The average molecular weight is 372 g/mol. The second-order valence-corrected chi connectivity index (χ2v) is 7.01. The maximum atomic E-state index is 12.6. The van der Waals surface area contributed by atoms with Crippen LogP contribution in [0.15, 0.2) is 41.3 Å². The molecule has 2 aromatic heterocycles. The number of hydrogen-bond acceptors (Lipinski definition) is 4. The molecule has 0 bridgehead atoms. The van der Waals surface area contributed by atoms with Crippen LogP contribution in [0.4, 0.5) is 5.69 Å². The molecule has 0 radical (unpaired) electrons. The highest BCUT2D eigenvalue weighted by Crippen LogP contribution is 2.24. The summed E-state index contributed by atoms with van der Waals surface area (Å²) in [6.45, 7) is 1.84. The van der Waals surface area contributed by atoms with Crippen molar-refractivity contribution >= 4 is 28.8 Å². The predicted molar refractivity (Wildman–Crippen MR) is 100 cm³/mol. The van der Waals surface area contributed by atoms with E-state index in [4.69, 9.17) is 11.6 Å². The molecule has 0 aliphatic carbocycles. The summed E-state index contributed by atoms with van der Waals surface area (Å²) in [6, 6.07) is 8.38. The molecule has 3 aromatic rings. The molecular formula is C18H18ClN5O2. The average Bonchev–Trinajstić information content (AvgIpc) is 3.23. The third kappa shape index (κ3) is 3.11. The monoisotopic (exact) mass is 371 g/mol. The molecule has 1 saturated heterocycles. The highest BCUT2D eigenvalue weighted by Gasteiger charge is 2.24. The van der Waals surface area contributed by atoms with Crippen molar-refractivity contribution in [1.29, 1.82) is 0 Å². The Hall–Kier alpha value is -2.64. The molecule has 0 saturated carbocycles. The molecule has 0 spiro atoms. The topological polar surface area (TPSA) is 82.5 Å². The van der Waals surface area contributed by atoms with Gasteiger partial charge in [-0.3, -0.25) is 14.7 Å². The highest BCUT2D eigenvalue weighted by atomic mass is 35.5. The van der Waals surface area contributed by atoms with Gasteiger partial charge in [0.05, 0.1) is 5.69 Å². The second-order valence-electron chi connectivity index (χ2n) is 6.57. The van der Waals surface area contributed by atoms with Crippen LogP contribution >= 0.6 is 11.6 Å². The Morgan fingerprint density at radius 2 is 2.12 bits per heavy atom. The van der Waals surface area contributed by atoms with Crippen LogP contribution in [0.5, 0.6) is 0 Å². The Morgan fingerprint density at radius 1 is 1.35 bits per heavy atom. The van der Waals surface area contributed by atoms with Crippen molar-refractivity contribution in [1.82, 2.24) is 19.5 Å². The Labute approximate surface area is 154 Å². The summed E-state index contributed by atoms with van der Waals surface area (Å²) in [6.07, 6.45) is 2.45. The van der Waals surface area contributed by atoms with Crippen LogP contribution in [0.1, 0.15) is 28.4 Å². The largest absolute Gasteiger partial charge is 0.322 e. The van der Waals surface area contributed by atoms with Crippen molar-refractivity contribution in [3.8, 4) is 0 Å². The quantitative estimate of drug-likeness (QED) is 0.740. The zero-order valence-electron chi connectivity index (χ0n) is 14.2. The number of likely N-dealkylation sites (tertiary alicyclic amines) is 1. The van der Waals surface area contributed by atoms with Crippen LogP contribution in [0.3, 0.4) is 0 Å². The third-order valence-corrected chi connectivity index (χ3v) is 4.93. The molecule has 2 N–H and O–H groups in total. The van der Waals surface area contributed by atoms with Gasteiger partial charge in [0.25, 0.3) is 11.5 Å². The summed E-state index contributed by atoms with van der Waals surface area (Å²) in [7, 11) is 2.05. The van der Waals surface area contributed by atoms with Gasteiger partial charge >= 0.3 is 0 Å². The van der Waals surface area contributed by atoms with E-state index in [0.717, 1.165) is 25.2 Å². The Balaban J connectivity index is 1.68. The molecule has 1 aliphatic heterocycles. The minimum atomic E-state index is -0.335. The normalized spacial score (nSPS) is 17.7. The number of carbonyl (C=O) groups is 1. The molecule has 134 valence electrons. The van der Waals surface area contributed by atoms with Crippen molar-refractivity contribution in [2.45, 2.75) is 12.3 Å². The lowest BCUT2D eigenvalue weighted by Gasteiger charge is -2.10. The summed E-state index contributed by atoms with van der Waals surface area (Å²) >= 11 is 5.86. The number of aromatic nitrogens is 3. The summed E-state index contributed by atoms with van der Waals surface area (Å²) in [4.78, 5) is 31.9. The molecule has 3 heterocycles. The maximum absolute atomic E-state index is 12.6. The number of nitrogens with zero attached hydrogens (tertiary/aromatic N) is 3.